The van der Waals surface area contributed by atoms with Crippen LogP contribution in [0.15, 0.2) is 22.8 Å². The van der Waals surface area contributed by atoms with Gasteiger partial charge in [-0.1, -0.05) is 43.0 Å². The van der Waals surface area contributed by atoms with E-state index in [-0.39, 0.29) is 6.10 Å². The molecule has 83 valence electrons. The molecular formula is C13H18ClO. The molecule has 0 spiro atoms. The number of aliphatic hydroxyl groups is 1. The lowest BCUT2D eigenvalue weighted by Crippen LogP contribution is -2.25. The van der Waals surface area contributed by atoms with E-state index in [0.717, 1.165) is 29.9 Å². The van der Waals surface area contributed by atoms with Gasteiger partial charge in [-0.3, -0.25) is 0 Å². The summed E-state index contributed by atoms with van der Waals surface area (Å²) in [6.07, 6.45) is 12.7. The molecule has 2 rings (SSSR count). The molecule has 1 radical (unpaired) electrons. The molecule has 2 aliphatic carbocycles. The van der Waals surface area contributed by atoms with E-state index in [1.807, 2.05) is 12.5 Å². The van der Waals surface area contributed by atoms with Crippen LogP contribution in [0.3, 0.4) is 0 Å². The van der Waals surface area contributed by atoms with Crippen molar-refractivity contribution in [2.24, 2.45) is 5.92 Å². The van der Waals surface area contributed by atoms with E-state index >= 15 is 0 Å². The summed E-state index contributed by atoms with van der Waals surface area (Å²) >= 11 is 6.10. The molecule has 0 bridgehead atoms. The summed E-state index contributed by atoms with van der Waals surface area (Å²) in [6.45, 7) is 0. The maximum Gasteiger partial charge on any atom is 0.0829 e. The van der Waals surface area contributed by atoms with Gasteiger partial charge in [0.2, 0.25) is 0 Å². The van der Waals surface area contributed by atoms with E-state index in [4.69, 9.17) is 11.6 Å². The molecule has 1 unspecified atom stereocenters. The number of rotatable bonds is 2. The lowest BCUT2D eigenvalue weighted by molar-refractivity contribution is 0.117. The average Bonchev–Trinajstić information content (AvgIpc) is 2.30. The van der Waals surface area contributed by atoms with Gasteiger partial charge in [-0.2, -0.15) is 0 Å². The largest absolute Gasteiger partial charge is 0.388 e. The zero-order chi connectivity index (χ0) is 10.7. The zero-order valence-corrected chi connectivity index (χ0v) is 9.71. The molecule has 1 fully saturated rings. The maximum atomic E-state index is 10.3. The third-order valence-corrected chi connectivity index (χ3v) is 3.77. The molecule has 0 aliphatic heterocycles. The zero-order valence-electron chi connectivity index (χ0n) is 8.95. The van der Waals surface area contributed by atoms with E-state index in [2.05, 4.69) is 6.08 Å². The monoisotopic (exact) mass is 225 g/mol. The van der Waals surface area contributed by atoms with Crippen LogP contribution < -0.4 is 0 Å². The van der Waals surface area contributed by atoms with Crippen LogP contribution in [0.2, 0.25) is 0 Å². The summed E-state index contributed by atoms with van der Waals surface area (Å²) in [7, 11) is 0. The highest BCUT2D eigenvalue weighted by Crippen LogP contribution is 2.34. The highest BCUT2D eigenvalue weighted by Gasteiger charge is 2.26. The molecule has 0 aromatic carbocycles. The van der Waals surface area contributed by atoms with Gasteiger partial charge in [-0.05, 0) is 37.2 Å². The molecule has 0 aromatic heterocycles. The van der Waals surface area contributed by atoms with Crippen LogP contribution in [-0.2, 0) is 0 Å². The normalized spacial score (nSPS) is 25.7. The second kappa shape index (κ2) is 5.18. The minimum Gasteiger partial charge on any atom is -0.388 e. The lowest BCUT2D eigenvalue weighted by atomic mass is 9.81. The van der Waals surface area contributed by atoms with Crippen LogP contribution >= 0.6 is 11.6 Å². The van der Waals surface area contributed by atoms with Gasteiger partial charge in [0.15, 0.2) is 0 Å². The van der Waals surface area contributed by atoms with Gasteiger partial charge < -0.3 is 5.11 Å². The molecule has 15 heavy (non-hydrogen) atoms. The standard InChI is InChI=1S/C13H18ClO/c14-12-9-5-4-8-11(12)13(15)10-6-2-1-3-7-10/h5,8-10,13,15H,1-4,6-7H2. The van der Waals surface area contributed by atoms with E-state index in [1.165, 1.54) is 19.3 Å². The quantitative estimate of drug-likeness (QED) is 0.762. The first-order valence-corrected chi connectivity index (χ1v) is 6.24. The SMILES string of the molecule is OC(C1=CC[CH]C=C1Cl)C1CCCCC1. The predicted octanol–water partition coefficient (Wildman–Crippen LogP) is 3.58. The van der Waals surface area contributed by atoms with Crippen LogP contribution in [0.25, 0.3) is 0 Å². The molecule has 0 aromatic rings. The molecule has 1 nitrogen and oxygen atoms in total. The molecule has 2 aliphatic rings. The van der Waals surface area contributed by atoms with Crippen LogP contribution in [0.5, 0.6) is 0 Å². The van der Waals surface area contributed by atoms with Gasteiger partial charge in [-0.15, -0.1) is 0 Å². The van der Waals surface area contributed by atoms with Crippen molar-refractivity contribution < 1.29 is 5.11 Å². The minimum absolute atomic E-state index is 0.345. The lowest BCUT2D eigenvalue weighted by Gasteiger charge is -2.29. The van der Waals surface area contributed by atoms with Gasteiger partial charge in [0, 0.05) is 5.03 Å². The highest BCUT2D eigenvalue weighted by atomic mass is 35.5. The van der Waals surface area contributed by atoms with Gasteiger partial charge in [0.05, 0.1) is 6.10 Å². The highest BCUT2D eigenvalue weighted by molar-refractivity contribution is 6.32. The van der Waals surface area contributed by atoms with Crippen LogP contribution in [0, 0.1) is 12.3 Å². The Bertz CT molecular complexity index is 274. The molecule has 2 heteroatoms. The van der Waals surface area contributed by atoms with Gasteiger partial charge in [0.25, 0.3) is 0 Å². The first-order chi connectivity index (χ1) is 7.29. The van der Waals surface area contributed by atoms with Crippen molar-refractivity contribution in [3.63, 3.8) is 0 Å². The van der Waals surface area contributed by atoms with Gasteiger partial charge >= 0.3 is 0 Å². The first kappa shape index (κ1) is 11.2. The number of halogens is 1. The van der Waals surface area contributed by atoms with E-state index in [0.29, 0.717) is 5.92 Å². The molecule has 0 heterocycles. The Kier molecular flexibility index (Phi) is 3.87. The third kappa shape index (κ3) is 2.64. The molecule has 0 saturated heterocycles. The fourth-order valence-corrected chi connectivity index (χ4v) is 2.80. The Morgan fingerprint density at radius 1 is 1.27 bits per heavy atom. The number of hydrogen-bond acceptors (Lipinski definition) is 1. The number of aliphatic hydroxyl groups excluding tert-OH is 1. The Morgan fingerprint density at radius 2 is 2.00 bits per heavy atom. The molecule has 0 amide bonds. The Morgan fingerprint density at radius 3 is 2.67 bits per heavy atom. The van der Waals surface area contributed by atoms with Crippen molar-refractivity contribution in [3.8, 4) is 0 Å². The second-order valence-corrected chi connectivity index (χ2v) is 4.90. The van der Waals surface area contributed by atoms with Crippen molar-refractivity contribution >= 4 is 11.6 Å². The van der Waals surface area contributed by atoms with Gasteiger partial charge in [-0.25, -0.2) is 0 Å². The van der Waals surface area contributed by atoms with Crippen molar-refractivity contribution in [1.29, 1.82) is 0 Å². The topological polar surface area (TPSA) is 20.2 Å². The van der Waals surface area contributed by atoms with E-state index in [9.17, 15) is 5.11 Å². The van der Waals surface area contributed by atoms with Crippen LogP contribution in [0.4, 0.5) is 0 Å². The Balaban J connectivity index is 2.02. The summed E-state index contributed by atoms with van der Waals surface area (Å²) in [5.74, 6) is 0.422. The van der Waals surface area contributed by atoms with Crippen molar-refractivity contribution in [1.82, 2.24) is 0 Å². The second-order valence-electron chi connectivity index (χ2n) is 4.49. The summed E-state index contributed by atoms with van der Waals surface area (Å²) in [6, 6.07) is 0. The summed E-state index contributed by atoms with van der Waals surface area (Å²) in [4.78, 5) is 0. The smallest absolute Gasteiger partial charge is 0.0829 e. The third-order valence-electron chi connectivity index (χ3n) is 3.43. The summed E-state index contributed by atoms with van der Waals surface area (Å²) in [5, 5.41) is 11.0. The maximum absolute atomic E-state index is 10.3. The fourth-order valence-electron chi connectivity index (χ4n) is 2.53. The van der Waals surface area contributed by atoms with E-state index in [1.54, 1.807) is 0 Å². The number of allylic oxidation sites excluding steroid dienone is 2. The van der Waals surface area contributed by atoms with Crippen LogP contribution in [0.1, 0.15) is 38.5 Å². The predicted molar refractivity (Wildman–Crippen MR) is 63.5 cm³/mol. The summed E-state index contributed by atoms with van der Waals surface area (Å²) < 4.78 is 0. The first-order valence-electron chi connectivity index (χ1n) is 5.86. The van der Waals surface area contributed by atoms with Crippen LogP contribution in [-0.4, -0.2) is 11.2 Å². The average molecular weight is 226 g/mol. The van der Waals surface area contributed by atoms with E-state index < -0.39 is 0 Å². The molecule has 1 atom stereocenters. The van der Waals surface area contributed by atoms with Crippen molar-refractivity contribution in [2.75, 3.05) is 0 Å². The molecular weight excluding hydrogens is 208 g/mol. The Labute approximate surface area is 96.8 Å². The molecule has 1 saturated carbocycles. The summed E-state index contributed by atoms with van der Waals surface area (Å²) in [5.41, 5.74) is 0.950. The van der Waals surface area contributed by atoms with Crippen molar-refractivity contribution in [3.05, 3.63) is 29.2 Å². The van der Waals surface area contributed by atoms with Crippen molar-refractivity contribution in [2.45, 2.75) is 44.6 Å². The molecule has 1 N–H and O–H groups in total. The Hall–Kier alpha value is -0.270. The van der Waals surface area contributed by atoms with Gasteiger partial charge in [0.1, 0.15) is 0 Å². The fraction of sp³-hybridized carbons (Fsp3) is 0.615. The number of hydrogen-bond donors (Lipinski definition) is 1. The minimum atomic E-state index is -0.345.